The monoisotopic (exact) mass is 274 g/mol. The van der Waals surface area contributed by atoms with Crippen LogP contribution in [0.25, 0.3) is 0 Å². The predicted octanol–water partition coefficient (Wildman–Crippen LogP) is 3.11. The summed E-state index contributed by atoms with van der Waals surface area (Å²) >= 11 is 0. The van der Waals surface area contributed by atoms with Crippen LogP contribution >= 0.6 is 0 Å². The molecule has 1 atom stereocenters. The highest BCUT2D eigenvalue weighted by Crippen LogP contribution is 2.16. The number of benzene rings is 1. The first kappa shape index (κ1) is 15.5. The minimum Gasteiger partial charge on any atom is -0.312 e. The van der Waals surface area contributed by atoms with Crippen molar-refractivity contribution in [2.24, 2.45) is 5.92 Å². The zero-order valence-electron chi connectivity index (χ0n) is 13.4. The molecule has 0 fully saturated rings. The molecule has 0 bridgehead atoms. The average molecular weight is 274 g/mol. The van der Waals surface area contributed by atoms with Crippen LogP contribution in [0, 0.1) is 5.92 Å². The zero-order chi connectivity index (χ0) is 14.4. The van der Waals surface area contributed by atoms with Gasteiger partial charge in [-0.25, -0.2) is 0 Å². The summed E-state index contributed by atoms with van der Waals surface area (Å²) in [5.74, 6) is 0.701. The molecule has 2 heteroatoms. The molecule has 20 heavy (non-hydrogen) atoms. The molecule has 0 aliphatic carbocycles. The van der Waals surface area contributed by atoms with Crippen molar-refractivity contribution in [3.63, 3.8) is 0 Å². The van der Waals surface area contributed by atoms with Gasteiger partial charge in [0.15, 0.2) is 0 Å². The zero-order valence-corrected chi connectivity index (χ0v) is 13.4. The molecule has 0 aromatic heterocycles. The van der Waals surface area contributed by atoms with E-state index in [1.165, 1.54) is 38.9 Å². The first-order chi connectivity index (χ1) is 9.70. The van der Waals surface area contributed by atoms with Crippen molar-refractivity contribution in [3.05, 3.63) is 35.4 Å². The van der Waals surface area contributed by atoms with Crippen LogP contribution in [0.3, 0.4) is 0 Å². The van der Waals surface area contributed by atoms with Gasteiger partial charge < -0.3 is 10.2 Å². The topological polar surface area (TPSA) is 15.3 Å². The first-order valence-electron chi connectivity index (χ1n) is 8.23. The van der Waals surface area contributed by atoms with E-state index in [2.05, 4.69) is 55.3 Å². The lowest BCUT2D eigenvalue weighted by molar-refractivity contribution is 0.225. The maximum Gasteiger partial charge on any atom is 0.0217 e. The summed E-state index contributed by atoms with van der Waals surface area (Å²) in [4.78, 5) is 2.65. The number of nitrogens with zero attached hydrogens (tertiary/aromatic N) is 1. The van der Waals surface area contributed by atoms with Gasteiger partial charge >= 0.3 is 0 Å². The molecule has 0 radical (unpaired) electrons. The molecule has 0 amide bonds. The van der Waals surface area contributed by atoms with E-state index in [0.29, 0.717) is 12.0 Å². The van der Waals surface area contributed by atoms with Crippen LogP contribution < -0.4 is 5.32 Å². The Hall–Kier alpha value is -0.860. The molecule has 1 N–H and O–H groups in total. The van der Waals surface area contributed by atoms with E-state index in [9.17, 15) is 0 Å². The number of nitrogens with one attached hydrogen (secondary N) is 1. The molecule has 1 aliphatic rings. The minimum atomic E-state index is 0.621. The molecular weight excluding hydrogens is 244 g/mol. The van der Waals surface area contributed by atoms with Crippen molar-refractivity contribution in [2.45, 2.75) is 46.1 Å². The lowest BCUT2D eigenvalue weighted by atomic mass is 10.0. The van der Waals surface area contributed by atoms with Crippen molar-refractivity contribution in [2.75, 3.05) is 26.2 Å². The lowest BCUT2D eigenvalue weighted by Crippen LogP contribution is -2.45. The van der Waals surface area contributed by atoms with Crippen LogP contribution in [0.4, 0.5) is 0 Å². The van der Waals surface area contributed by atoms with Crippen LogP contribution in [0.1, 0.15) is 38.3 Å². The molecule has 1 unspecified atom stereocenters. The Bertz CT molecular complexity index is 373. The minimum absolute atomic E-state index is 0.621. The van der Waals surface area contributed by atoms with E-state index in [1.54, 1.807) is 11.1 Å². The fourth-order valence-corrected chi connectivity index (χ4v) is 3.02. The van der Waals surface area contributed by atoms with Gasteiger partial charge in [0.25, 0.3) is 0 Å². The SMILES string of the molecule is CCCNC(CN1CCc2ccccc2CC1)C(C)C. The quantitative estimate of drug-likeness (QED) is 0.857. The number of rotatable bonds is 6. The Balaban J connectivity index is 1.91. The van der Waals surface area contributed by atoms with E-state index in [0.717, 1.165) is 6.54 Å². The highest BCUT2D eigenvalue weighted by molar-refractivity contribution is 5.28. The first-order valence-corrected chi connectivity index (χ1v) is 8.23. The van der Waals surface area contributed by atoms with Crippen LogP contribution in [0.5, 0.6) is 0 Å². The van der Waals surface area contributed by atoms with E-state index in [-0.39, 0.29) is 0 Å². The summed E-state index contributed by atoms with van der Waals surface area (Å²) in [5.41, 5.74) is 3.11. The molecule has 2 nitrogen and oxygen atoms in total. The Morgan fingerprint density at radius 3 is 2.20 bits per heavy atom. The van der Waals surface area contributed by atoms with E-state index in [4.69, 9.17) is 0 Å². The maximum atomic E-state index is 3.72. The van der Waals surface area contributed by atoms with Crippen molar-refractivity contribution in [1.82, 2.24) is 10.2 Å². The number of fused-ring (bicyclic) bond motifs is 1. The third-order valence-corrected chi connectivity index (χ3v) is 4.43. The fraction of sp³-hybridized carbons (Fsp3) is 0.667. The Kier molecular flexibility index (Phi) is 6.06. The fourth-order valence-electron chi connectivity index (χ4n) is 3.02. The Morgan fingerprint density at radius 2 is 1.70 bits per heavy atom. The molecule has 0 saturated heterocycles. The predicted molar refractivity (Wildman–Crippen MR) is 87.2 cm³/mol. The normalized spacial score (nSPS) is 17.8. The second-order valence-electron chi connectivity index (χ2n) is 6.37. The third kappa shape index (κ3) is 4.32. The third-order valence-electron chi connectivity index (χ3n) is 4.43. The van der Waals surface area contributed by atoms with E-state index >= 15 is 0 Å². The average Bonchev–Trinajstić information content (AvgIpc) is 2.66. The summed E-state index contributed by atoms with van der Waals surface area (Å²) in [5, 5.41) is 3.72. The summed E-state index contributed by atoms with van der Waals surface area (Å²) in [7, 11) is 0. The molecule has 0 saturated carbocycles. The Morgan fingerprint density at radius 1 is 1.10 bits per heavy atom. The van der Waals surface area contributed by atoms with Crippen molar-refractivity contribution in [1.29, 1.82) is 0 Å². The van der Waals surface area contributed by atoms with Gasteiger partial charge in [0.1, 0.15) is 0 Å². The molecule has 0 spiro atoms. The standard InChI is InChI=1S/C18H30N2/c1-4-11-19-18(15(2)3)14-20-12-9-16-7-5-6-8-17(16)10-13-20/h5-8,15,18-19H,4,9-14H2,1-3H3. The lowest BCUT2D eigenvalue weighted by Gasteiger charge is -2.29. The van der Waals surface area contributed by atoms with Crippen molar-refractivity contribution < 1.29 is 0 Å². The van der Waals surface area contributed by atoms with Gasteiger partial charge in [-0.1, -0.05) is 45.0 Å². The van der Waals surface area contributed by atoms with Gasteiger partial charge in [-0.15, -0.1) is 0 Å². The van der Waals surface area contributed by atoms with E-state index in [1.807, 2.05) is 0 Å². The van der Waals surface area contributed by atoms with Crippen LogP contribution in [-0.4, -0.2) is 37.1 Å². The van der Waals surface area contributed by atoms with Gasteiger partial charge in [-0.2, -0.15) is 0 Å². The summed E-state index contributed by atoms with van der Waals surface area (Å²) in [6, 6.07) is 9.57. The summed E-state index contributed by atoms with van der Waals surface area (Å²) in [6.45, 7) is 11.6. The number of hydrogen-bond acceptors (Lipinski definition) is 2. The van der Waals surface area contributed by atoms with E-state index < -0.39 is 0 Å². The Labute approximate surface area is 124 Å². The second-order valence-corrected chi connectivity index (χ2v) is 6.37. The van der Waals surface area contributed by atoms with Crippen LogP contribution in [0.2, 0.25) is 0 Å². The molecule has 1 aromatic carbocycles. The summed E-state index contributed by atoms with van der Waals surface area (Å²) < 4.78 is 0. The molecule has 2 rings (SSSR count). The van der Waals surface area contributed by atoms with Crippen molar-refractivity contribution >= 4 is 0 Å². The molecule has 1 aliphatic heterocycles. The van der Waals surface area contributed by atoms with Gasteiger partial charge in [-0.05, 0) is 42.9 Å². The second kappa shape index (κ2) is 7.80. The van der Waals surface area contributed by atoms with Gasteiger partial charge in [0.2, 0.25) is 0 Å². The molecule has 1 aromatic rings. The highest BCUT2D eigenvalue weighted by atomic mass is 15.1. The smallest absolute Gasteiger partial charge is 0.0217 e. The summed E-state index contributed by atoms with van der Waals surface area (Å²) in [6.07, 6.45) is 3.62. The maximum absolute atomic E-state index is 3.72. The van der Waals surface area contributed by atoms with Crippen molar-refractivity contribution in [3.8, 4) is 0 Å². The number of hydrogen-bond donors (Lipinski definition) is 1. The van der Waals surface area contributed by atoms with Gasteiger partial charge in [0.05, 0.1) is 0 Å². The largest absolute Gasteiger partial charge is 0.312 e. The molecule has 1 heterocycles. The van der Waals surface area contributed by atoms with Gasteiger partial charge in [-0.3, -0.25) is 0 Å². The van der Waals surface area contributed by atoms with Crippen LogP contribution in [-0.2, 0) is 12.8 Å². The van der Waals surface area contributed by atoms with Crippen LogP contribution in [0.15, 0.2) is 24.3 Å². The molecular formula is C18H30N2. The van der Waals surface area contributed by atoms with Gasteiger partial charge in [0, 0.05) is 25.7 Å². The highest BCUT2D eigenvalue weighted by Gasteiger charge is 2.19. The molecule has 112 valence electrons.